The highest BCUT2D eigenvalue weighted by molar-refractivity contribution is 6.02. The number of hydrogen-bond donors (Lipinski definition) is 0. The van der Waals surface area contributed by atoms with E-state index in [9.17, 15) is 9.59 Å². The van der Waals surface area contributed by atoms with Gasteiger partial charge in [-0.15, -0.1) is 0 Å². The largest absolute Gasteiger partial charge is 0.299 e. The molecule has 0 atom stereocenters. The zero-order valence-corrected chi connectivity index (χ0v) is 12.3. The van der Waals surface area contributed by atoms with E-state index in [1.165, 1.54) is 27.8 Å². The molecule has 0 aliphatic heterocycles. The van der Waals surface area contributed by atoms with E-state index < -0.39 is 0 Å². The second kappa shape index (κ2) is 5.28. The highest BCUT2D eigenvalue weighted by atomic mass is 16.1. The molecule has 1 saturated carbocycles. The zero-order chi connectivity index (χ0) is 14.2. The van der Waals surface area contributed by atoms with E-state index in [-0.39, 0.29) is 23.9 Å². The van der Waals surface area contributed by atoms with Crippen molar-refractivity contribution in [1.29, 1.82) is 0 Å². The number of rotatable bonds is 2. The molecule has 2 heteroatoms. The summed E-state index contributed by atoms with van der Waals surface area (Å²) in [6.07, 6.45) is 2.19. The first kappa shape index (κ1) is 14.0. The molecule has 1 aromatic carbocycles. The van der Waals surface area contributed by atoms with Crippen LogP contribution in [0.25, 0.3) is 0 Å². The van der Waals surface area contributed by atoms with E-state index in [0.717, 1.165) is 6.42 Å². The molecule has 1 fully saturated rings. The van der Waals surface area contributed by atoms with Gasteiger partial charge in [-0.25, -0.2) is 0 Å². The van der Waals surface area contributed by atoms with Crippen LogP contribution in [-0.4, -0.2) is 11.6 Å². The van der Waals surface area contributed by atoms with Gasteiger partial charge in [-0.05, 0) is 60.9 Å². The van der Waals surface area contributed by atoms with Crippen LogP contribution in [0.4, 0.5) is 0 Å². The summed E-state index contributed by atoms with van der Waals surface area (Å²) in [5.74, 6) is 0.289. The lowest BCUT2D eigenvalue weighted by molar-refractivity contribution is -0.130. The molecular weight excluding hydrogens is 236 g/mol. The van der Waals surface area contributed by atoms with Gasteiger partial charge >= 0.3 is 0 Å². The maximum Gasteiger partial charge on any atom is 0.140 e. The number of hydrogen-bond acceptors (Lipinski definition) is 2. The molecule has 0 radical (unpaired) electrons. The molecule has 0 spiro atoms. The fourth-order valence-corrected chi connectivity index (χ4v) is 3.61. The van der Waals surface area contributed by atoms with Crippen molar-refractivity contribution in [1.82, 2.24) is 0 Å². The minimum atomic E-state index is 0.0960. The number of ketones is 2. The number of carbonyl (C=O) groups is 2. The molecule has 0 amide bonds. The molecule has 0 bridgehead atoms. The van der Waals surface area contributed by atoms with Crippen molar-refractivity contribution in [2.45, 2.75) is 59.3 Å². The smallest absolute Gasteiger partial charge is 0.140 e. The number of benzene rings is 1. The fourth-order valence-electron chi connectivity index (χ4n) is 3.61. The Morgan fingerprint density at radius 3 is 2.16 bits per heavy atom. The molecule has 2 nitrogen and oxygen atoms in total. The van der Waals surface area contributed by atoms with Crippen LogP contribution in [0, 0.1) is 20.8 Å². The monoisotopic (exact) mass is 258 g/mol. The Kier molecular flexibility index (Phi) is 3.88. The SMILES string of the molecule is CCc1c(C)cc(C)c(C2CC(=O)CC(=O)C2)c1C. The minimum absolute atomic E-state index is 0.0960. The van der Waals surface area contributed by atoms with Gasteiger partial charge in [-0.3, -0.25) is 9.59 Å². The molecule has 0 N–H and O–H groups in total. The lowest BCUT2D eigenvalue weighted by atomic mass is 9.77. The van der Waals surface area contributed by atoms with E-state index in [0.29, 0.717) is 12.8 Å². The van der Waals surface area contributed by atoms with Crippen molar-refractivity contribution in [2.75, 3.05) is 0 Å². The van der Waals surface area contributed by atoms with E-state index in [2.05, 4.69) is 33.8 Å². The molecule has 0 aromatic heterocycles. The predicted octanol–water partition coefficient (Wildman–Crippen LogP) is 3.58. The van der Waals surface area contributed by atoms with Gasteiger partial charge in [0.2, 0.25) is 0 Å². The molecule has 1 aromatic rings. The lowest BCUT2D eigenvalue weighted by Gasteiger charge is -2.26. The van der Waals surface area contributed by atoms with E-state index >= 15 is 0 Å². The van der Waals surface area contributed by atoms with Gasteiger partial charge in [0.25, 0.3) is 0 Å². The fraction of sp³-hybridized carbons (Fsp3) is 0.529. The summed E-state index contributed by atoms with van der Waals surface area (Å²) < 4.78 is 0. The maximum atomic E-state index is 11.7. The summed E-state index contributed by atoms with van der Waals surface area (Å²) >= 11 is 0. The third kappa shape index (κ3) is 2.63. The van der Waals surface area contributed by atoms with Gasteiger partial charge < -0.3 is 0 Å². The topological polar surface area (TPSA) is 34.1 Å². The van der Waals surface area contributed by atoms with Gasteiger partial charge in [0.15, 0.2) is 0 Å². The van der Waals surface area contributed by atoms with Gasteiger partial charge in [-0.1, -0.05) is 13.0 Å². The third-order valence-corrected chi connectivity index (χ3v) is 4.29. The van der Waals surface area contributed by atoms with Gasteiger partial charge in [0, 0.05) is 12.8 Å². The third-order valence-electron chi connectivity index (χ3n) is 4.29. The summed E-state index contributed by atoms with van der Waals surface area (Å²) in [6, 6.07) is 2.20. The van der Waals surface area contributed by atoms with Crippen LogP contribution in [0.5, 0.6) is 0 Å². The normalized spacial score (nSPS) is 17.1. The van der Waals surface area contributed by atoms with Crippen molar-refractivity contribution in [3.8, 4) is 0 Å². The van der Waals surface area contributed by atoms with Crippen LogP contribution >= 0.6 is 0 Å². The zero-order valence-electron chi connectivity index (χ0n) is 12.3. The molecule has 0 unspecified atom stereocenters. The quantitative estimate of drug-likeness (QED) is 0.760. The second-order valence-corrected chi connectivity index (χ2v) is 5.74. The lowest BCUT2D eigenvalue weighted by Crippen LogP contribution is -2.23. The summed E-state index contributed by atoms with van der Waals surface area (Å²) in [7, 11) is 0. The standard InChI is InChI=1S/C17H22O2/c1-5-16-10(2)6-11(3)17(12(16)4)13-7-14(18)9-15(19)8-13/h6,13H,5,7-9H2,1-4H3. The highest BCUT2D eigenvalue weighted by Gasteiger charge is 2.29. The molecule has 102 valence electrons. The Bertz CT molecular complexity index is 525. The van der Waals surface area contributed by atoms with Crippen molar-refractivity contribution < 1.29 is 9.59 Å². The van der Waals surface area contributed by atoms with Gasteiger partial charge in [-0.2, -0.15) is 0 Å². The van der Waals surface area contributed by atoms with Crippen LogP contribution in [0.2, 0.25) is 0 Å². The second-order valence-electron chi connectivity index (χ2n) is 5.74. The molecule has 2 rings (SSSR count). The van der Waals surface area contributed by atoms with Crippen LogP contribution in [0.1, 0.15) is 59.9 Å². The average Bonchev–Trinajstić information content (AvgIpc) is 2.27. The molecular formula is C17H22O2. The van der Waals surface area contributed by atoms with Gasteiger partial charge in [0.05, 0.1) is 6.42 Å². The number of carbonyl (C=O) groups excluding carboxylic acids is 2. The predicted molar refractivity (Wildman–Crippen MR) is 76.6 cm³/mol. The Morgan fingerprint density at radius 2 is 1.63 bits per heavy atom. The highest BCUT2D eigenvalue weighted by Crippen LogP contribution is 2.36. The van der Waals surface area contributed by atoms with E-state index in [1.54, 1.807) is 0 Å². The van der Waals surface area contributed by atoms with Crippen molar-refractivity contribution in [3.05, 3.63) is 33.9 Å². The van der Waals surface area contributed by atoms with Gasteiger partial charge in [0.1, 0.15) is 11.6 Å². The Morgan fingerprint density at radius 1 is 1.05 bits per heavy atom. The summed E-state index contributed by atoms with van der Waals surface area (Å²) in [5, 5.41) is 0. The summed E-state index contributed by atoms with van der Waals surface area (Å²) in [4.78, 5) is 23.4. The van der Waals surface area contributed by atoms with Crippen molar-refractivity contribution in [3.63, 3.8) is 0 Å². The molecule has 0 heterocycles. The summed E-state index contributed by atoms with van der Waals surface area (Å²) in [6.45, 7) is 8.53. The summed E-state index contributed by atoms with van der Waals surface area (Å²) in [5.41, 5.74) is 6.43. The molecule has 1 aliphatic carbocycles. The first-order valence-electron chi connectivity index (χ1n) is 7.07. The first-order valence-corrected chi connectivity index (χ1v) is 7.07. The molecule has 1 aliphatic rings. The van der Waals surface area contributed by atoms with Crippen LogP contribution in [0.3, 0.4) is 0 Å². The van der Waals surface area contributed by atoms with Crippen LogP contribution < -0.4 is 0 Å². The van der Waals surface area contributed by atoms with Crippen molar-refractivity contribution >= 4 is 11.6 Å². The average molecular weight is 258 g/mol. The Balaban J connectivity index is 2.50. The number of aryl methyl sites for hydroxylation is 2. The van der Waals surface area contributed by atoms with E-state index in [4.69, 9.17) is 0 Å². The molecule has 19 heavy (non-hydrogen) atoms. The number of Topliss-reactive ketones (excluding diaryl/α,β-unsaturated/α-hetero) is 2. The minimum Gasteiger partial charge on any atom is -0.299 e. The van der Waals surface area contributed by atoms with Crippen molar-refractivity contribution in [2.24, 2.45) is 0 Å². The Hall–Kier alpha value is -1.44. The molecule has 0 saturated heterocycles. The van der Waals surface area contributed by atoms with Crippen LogP contribution in [-0.2, 0) is 16.0 Å². The van der Waals surface area contributed by atoms with E-state index in [1.807, 2.05) is 0 Å². The first-order chi connectivity index (χ1) is 8.93. The maximum absolute atomic E-state index is 11.7. The van der Waals surface area contributed by atoms with Crippen LogP contribution in [0.15, 0.2) is 6.07 Å². The Labute approximate surface area is 115 Å².